The summed E-state index contributed by atoms with van der Waals surface area (Å²) < 4.78 is 38.3. The highest BCUT2D eigenvalue weighted by molar-refractivity contribution is 7.17. The van der Waals surface area contributed by atoms with E-state index in [4.69, 9.17) is 28.3 Å². The standard InChI is InChI=1S/C11H4Cl2F3NO2S/c12-4-2-1-3-5(13)6(4)9-17-8(11(14,15)16)7(20-9)10(18)19/h1-3H,(H,18,19). The van der Waals surface area contributed by atoms with Gasteiger partial charge in [-0.3, -0.25) is 0 Å². The Bertz CT molecular complexity index is 665. The van der Waals surface area contributed by atoms with Gasteiger partial charge in [0.1, 0.15) is 9.88 Å². The van der Waals surface area contributed by atoms with Crippen molar-refractivity contribution >= 4 is 40.5 Å². The summed E-state index contributed by atoms with van der Waals surface area (Å²) in [4.78, 5) is 13.3. The zero-order valence-corrected chi connectivity index (χ0v) is 11.7. The van der Waals surface area contributed by atoms with Crippen LogP contribution in [0.2, 0.25) is 10.0 Å². The fourth-order valence-electron chi connectivity index (χ4n) is 1.47. The van der Waals surface area contributed by atoms with Crippen molar-refractivity contribution in [2.24, 2.45) is 0 Å². The number of hydrogen-bond donors (Lipinski definition) is 1. The Morgan fingerprint density at radius 1 is 1.25 bits per heavy atom. The van der Waals surface area contributed by atoms with Crippen LogP contribution in [0.1, 0.15) is 15.4 Å². The molecule has 0 atom stereocenters. The van der Waals surface area contributed by atoms with Crippen LogP contribution in [0.4, 0.5) is 13.2 Å². The molecule has 1 heterocycles. The smallest absolute Gasteiger partial charge is 0.435 e. The molecule has 1 N–H and O–H groups in total. The van der Waals surface area contributed by atoms with E-state index in [1.54, 1.807) is 0 Å². The number of aromatic nitrogens is 1. The Labute approximate surface area is 124 Å². The summed E-state index contributed by atoms with van der Waals surface area (Å²) in [5.41, 5.74) is -1.38. The van der Waals surface area contributed by atoms with E-state index >= 15 is 0 Å². The molecule has 0 aliphatic rings. The lowest BCUT2D eigenvalue weighted by Gasteiger charge is -2.03. The SMILES string of the molecule is O=C(O)c1sc(-c2c(Cl)cccc2Cl)nc1C(F)(F)F. The first-order valence-corrected chi connectivity index (χ1v) is 6.54. The van der Waals surface area contributed by atoms with Crippen molar-refractivity contribution in [3.05, 3.63) is 38.8 Å². The van der Waals surface area contributed by atoms with Gasteiger partial charge in [-0.2, -0.15) is 13.2 Å². The van der Waals surface area contributed by atoms with Gasteiger partial charge in [0.15, 0.2) is 5.69 Å². The van der Waals surface area contributed by atoms with Gasteiger partial charge in [0.05, 0.1) is 10.0 Å². The van der Waals surface area contributed by atoms with Crippen molar-refractivity contribution in [2.75, 3.05) is 0 Å². The number of benzene rings is 1. The van der Waals surface area contributed by atoms with Crippen LogP contribution in [0.15, 0.2) is 18.2 Å². The van der Waals surface area contributed by atoms with Crippen molar-refractivity contribution < 1.29 is 23.1 Å². The monoisotopic (exact) mass is 341 g/mol. The quantitative estimate of drug-likeness (QED) is 0.850. The molecule has 0 aliphatic carbocycles. The Kier molecular flexibility index (Phi) is 3.95. The number of carboxylic acids is 1. The summed E-state index contributed by atoms with van der Waals surface area (Å²) in [6.07, 6.45) is -4.86. The summed E-state index contributed by atoms with van der Waals surface area (Å²) in [6.45, 7) is 0. The number of nitrogens with zero attached hydrogens (tertiary/aromatic N) is 1. The van der Waals surface area contributed by atoms with E-state index in [1.807, 2.05) is 0 Å². The molecule has 0 saturated carbocycles. The molecule has 2 aromatic rings. The topological polar surface area (TPSA) is 50.2 Å². The molecule has 106 valence electrons. The zero-order valence-electron chi connectivity index (χ0n) is 9.33. The van der Waals surface area contributed by atoms with E-state index in [0.717, 1.165) is 0 Å². The summed E-state index contributed by atoms with van der Waals surface area (Å²) >= 11 is 12.1. The van der Waals surface area contributed by atoms with Gasteiger partial charge >= 0.3 is 12.1 Å². The third kappa shape index (κ3) is 2.74. The second-order valence-electron chi connectivity index (χ2n) is 3.60. The molecule has 0 radical (unpaired) electrons. The first-order chi connectivity index (χ1) is 9.21. The normalized spacial score (nSPS) is 11.7. The van der Waals surface area contributed by atoms with Crippen molar-refractivity contribution in [1.29, 1.82) is 0 Å². The van der Waals surface area contributed by atoms with Crippen LogP contribution in [-0.2, 0) is 6.18 Å². The molecular formula is C11H4Cl2F3NO2S. The molecule has 0 bridgehead atoms. The van der Waals surface area contributed by atoms with Gasteiger partial charge in [-0.1, -0.05) is 29.3 Å². The van der Waals surface area contributed by atoms with Gasteiger partial charge in [-0.15, -0.1) is 11.3 Å². The molecule has 0 saturated heterocycles. The second-order valence-corrected chi connectivity index (χ2v) is 5.41. The maximum Gasteiger partial charge on any atom is 0.435 e. The maximum absolute atomic E-state index is 12.8. The lowest BCUT2D eigenvalue weighted by atomic mass is 10.2. The first-order valence-electron chi connectivity index (χ1n) is 4.97. The number of alkyl halides is 3. The highest BCUT2D eigenvalue weighted by Gasteiger charge is 2.40. The number of carbonyl (C=O) groups is 1. The molecule has 3 nitrogen and oxygen atoms in total. The van der Waals surface area contributed by atoms with Gasteiger partial charge in [0.25, 0.3) is 0 Å². The van der Waals surface area contributed by atoms with E-state index in [2.05, 4.69) is 4.98 Å². The van der Waals surface area contributed by atoms with Crippen molar-refractivity contribution in [3.8, 4) is 10.6 Å². The lowest BCUT2D eigenvalue weighted by molar-refractivity contribution is -0.141. The van der Waals surface area contributed by atoms with Gasteiger partial charge in [-0.25, -0.2) is 9.78 Å². The van der Waals surface area contributed by atoms with Crippen LogP contribution in [0.3, 0.4) is 0 Å². The fourth-order valence-corrected chi connectivity index (χ4v) is 3.15. The molecule has 0 amide bonds. The van der Waals surface area contributed by atoms with Gasteiger partial charge in [0, 0.05) is 5.56 Å². The van der Waals surface area contributed by atoms with Crippen LogP contribution in [-0.4, -0.2) is 16.1 Å². The predicted octanol–water partition coefficient (Wildman–Crippen LogP) is 4.83. The van der Waals surface area contributed by atoms with Crippen LogP contribution in [0.5, 0.6) is 0 Å². The number of aromatic carboxylic acids is 1. The van der Waals surface area contributed by atoms with Crippen LogP contribution in [0, 0.1) is 0 Å². The number of hydrogen-bond acceptors (Lipinski definition) is 3. The average molecular weight is 342 g/mol. The highest BCUT2D eigenvalue weighted by atomic mass is 35.5. The number of rotatable bonds is 2. The van der Waals surface area contributed by atoms with Crippen LogP contribution in [0.25, 0.3) is 10.6 Å². The van der Waals surface area contributed by atoms with Gasteiger partial charge < -0.3 is 5.11 Å². The fraction of sp³-hybridized carbons (Fsp3) is 0.0909. The maximum atomic E-state index is 12.8. The average Bonchev–Trinajstić information content (AvgIpc) is 2.73. The molecule has 1 aromatic heterocycles. The zero-order chi connectivity index (χ0) is 15.1. The third-order valence-corrected chi connectivity index (χ3v) is 3.96. The van der Waals surface area contributed by atoms with Gasteiger partial charge in [0.2, 0.25) is 0 Å². The Balaban J connectivity index is 2.69. The summed E-state index contributed by atoms with van der Waals surface area (Å²) in [5.74, 6) is -1.70. The third-order valence-electron chi connectivity index (χ3n) is 2.27. The van der Waals surface area contributed by atoms with E-state index in [0.29, 0.717) is 11.3 Å². The number of carboxylic acid groups (broad SMARTS) is 1. The van der Waals surface area contributed by atoms with E-state index in [1.165, 1.54) is 18.2 Å². The first kappa shape index (κ1) is 15.1. The summed E-state index contributed by atoms with van der Waals surface area (Å²) in [5, 5.41) is 8.83. The summed E-state index contributed by atoms with van der Waals surface area (Å²) in [6, 6.07) is 4.38. The Morgan fingerprint density at radius 3 is 2.20 bits per heavy atom. The van der Waals surface area contributed by atoms with E-state index < -0.39 is 22.7 Å². The molecule has 0 unspecified atom stereocenters. The van der Waals surface area contributed by atoms with Crippen molar-refractivity contribution in [2.45, 2.75) is 6.18 Å². The van der Waals surface area contributed by atoms with E-state index in [9.17, 15) is 18.0 Å². The molecule has 0 spiro atoms. The largest absolute Gasteiger partial charge is 0.477 e. The Hall–Kier alpha value is -1.31. The minimum absolute atomic E-state index is 0.0823. The van der Waals surface area contributed by atoms with Crippen LogP contribution >= 0.6 is 34.5 Å². The molecule has 20 heavy (non-hydrogen) atoms. The molecule has 2 rings (SSSR count). The summed E-state index contributed by atoms with van der Waals surface area (Å²) in [7, 11) is 0. The minimum Gasteiger partial charge on any atom is -0.477 e. The Morgan fingerprint density at radius 2 is 1.80 bits per heavy atom. The van der Waals surface area contributed by atoms with Crippen molar-refractivity contribution in [1.82, 2.24) is 4.98 Å². The molecule has 1 aromatic carbocycles. The number of halogens is 5. The van der Waals surface area contributed by atoms with E-state index in [-0.39, 0.29) is 20.6 Å². The second kappa shape index (κ2) is 5.23. The number of thiazole rings is 1. The predicted molar refractivity (Wildman–Crippen MR) is 69.5 cm³/mol. The van der Waals surface area contributed by atoms with Crippen molar-refractivity contribution in [3.63, 3.8) is 0 Å². The molecule has 0 fully saturated rings. The van der Waals surface area contributed by atoms with Crippen LogP contribution < -0.4 is 0 Å². The molecular weight excluding hydrogens is 338 g/mol. The molecule has 9 heteroatoms. The molecule has 0 aliphatic heterocycles. The van der Waals surface area contributed by atoms with Gasteiger partial charge in [-0.05, 0) is 12.1 Å². The lowest BCUT2D eigenvalue weighted by Crippen LogP contribution is -2.11. The minimum atomic E-state index is -4.86. The highest BCUT2D eigenvalue weighted by Crippen LogP contribution is 2.41.